The number of hydrogen-bond donors (Lipinski definition) is 1. The standard InChI is InChI=1S/C25H26N2O2/c1-25(2,3)29-16-26-20-13-7-5-10-17(20)18-12-9-15-22-23(18)24(28)19-11-6-8-14-21(19)27(22)4/h5-15,26H,16H2,1-4H3. The molecule has 0 spiro atoms. The summed E-state index contributed by atoms with van der Waals surface area (Å²) in [6, 6.07) is 21.8. The Labute approximate surface area is 170 Å². The van der Waals surface area contributed by atoms with Gasteiger partial charge in [-0.05, 0) is 50.6 Å². The minimum Gasteiger partial charge on any atom is -0.362 e. The van der Waals surface area contributed by atoms with E-state index in [2.05, 4.69) is 9.88 Å². The van der Waals surface area contributed by atoms with Crippen molar-refractivity contribution in [2.45, 2.75) is 26.4 Å². The summed E-state index contributed by atoms with van der Waals surface area (Å²) in [5.74, 6) is 0. The number of benzene rings is 3. The number of hydrogen-bond acceptors (Lipinski definition) is 3. The first-order valence-corrected chi connectivity index (χ1v) is 9.84. The van der Waals surface area contributed by atoms with Gasteiger partial charge in [-0.1, -0.05) is 42.5 Å². The summed E-state index contributed by atoms with van der Waals surface area (Å²) in [5.41, 5.74) is 4.55. The predicted molar refractivity (Wildman–Crippen MR) is 121 cm³/mol. The highest BCUT2D eigenvalue weighted by atomic mass is 16.5. The third kappa shape index (κ3) is 3.64. The second-order valence-electron chi connectivity index (χ2n) is 8.23. The van der Waals surface area contributed by atoms with Gasteiger partial charge in [0.2, 0.25) is 0 Å². The molecule has 0 saturated carbocycles. The molecule has 4 heteroatoms. The van der Waals surface area contributed by atoms with Crippen molar-refractivity contribution in [1.82, 2.24) is 4.57 Å². The maximum absolute atomic E-state index is 13.4. The van der Waals surface area contributed by atoms with E-state index in [4.69, 9.17) is 4.74 Å². The number of para-hydroxylation sites is 2. The monoisotopic (exact) mass is 386 g/mol. The summed E-state index contributed by atoms with van der Waals surface area (Å²) in [6.07, 6.45) is 0. The summed E-state index contributed by atoms with van der Waals surface area (Å²) >= 11 is 0. The zero-order valence-corrected chi connectivity index (χ0v) is 17.3. The highest BCUT2D eigenvalue weighted by Gasteiger charge is 2.15. The van der Waals surface area contributed by atoms with E-state index in [-0.39, 0.29) is 11.0 Å². The molecule has 0 bridgehead atoms. The van der Waals surface area contributed by atoms with Crippen molar-refractivity contribution in [1.29, 1.82) is 0 Å². The lowest BCUT2D eigenvalue weighted by Crippen LogP contribution is -2.23. The number of nitrogens with one attached hydrogen (secondary N) is 1. The van der Waals surface area contributed by atoms with Crippen LogP contribution in [-0.4, -0.2) is 16.9 Å². The third-order valence-corrected chi connectivity index (χ3v) is 5.13. The Hall–Kier alpha value is -3.11. The molecular formula is C25H26N2O2. The molecule has 29 heavy (non-hydrogen) atoms. The lowest BCUT2D eigenvalue weighted by atomic mass is 9.97. The summed E-state index contributed by atoms with van der Waals surface area (Å²) in [4.78, 5) is 13.4. The molecule has 3 aromatic carbocycles. The molecule has 0 aliphatic heterocycles. The van der Waals surface area contributed by atoms with Crippen molar-refractivity contribution >= 4 is 27.5 Å². The molecular weight excluding hydrogens is 360 g/mol. The summed E-state index contributed by atoms with van der Waals surface area (Å²) in [7, 11) is 2.01. The van der Waals surface area contributed by atoms with Gasteiger partial charge in [0.25, 0.3) is 0 Å². The van der Waals surface area contributed by atoms with Gasteiger partial charge in [0.05, 0.1) is 22.0 Å². The van der Waals surface area contributed by atoms with Crippen LogP contribution in [0.3, 0.4) is 0 Å². The average molecular weight is 386 g/mol. The van der Waals surface area contributed by atoms with Gasteiger partial charge in [-0.15, -0.1) is 0 Å². The van der Waals surface area contributed by atoms with Crippen molar-refractivity contribution < 1.29 is 4.74 Å². The van der Waals surface area contributed by atoms with Gasteiger partial charge in [-0.3, -0.25) is 4.79 Å². The fraction of sp³-hybridized carbons (Fsp3) is 0.240. The number of pyridine rings is 1. The topological polar surface area (TPSA) is 43.3 Å². The van der Waals surface area contributed by atoms with Gasteiger partial charge in [0.1, 0.15) is 6.73 Å². The molecule has 0 radical (unpaired) electrons. The maximum Gasteiger partial charge on any atom is 0.197 e. The van der Waals surface area contributed by atoms with Crippen LogP contribution < -0.4 is 10.7 Å². The molecule has 0 saturated heterocycles. The third-order valence-electron chi connectivity index (χ3n) is 5.13. The fourth-order valence-corrected chi connectivity index (χ4v) is 3.71. The van der Waals surface area contributed by atoms with Crippen LogP contribution >= 0.6 is 0 Å². The molecule has 0 fully saturated rings. The largest absolute Gasteiger partial charge is 0.362 e. The van der Waals surface area contributed by atoms with Crippen LogP contribution in [0.5, 0.6) is 0 Å². The predicted octanol–water partition coefficient (Wildman–Crippen LogP) is 5.54. The average Bonchev–Trinajstić information content (AvgIpc) is 2.71. The van der Waals surface area contributed by atoms with Crippen molar-refractivity contribution in [2.75, 3.05) is 12.0 Å². The SMILES string of the molecule is Cn1c2ccccc2c(=O)c2c(-c3ccccc3NCOC(C)(C)C)cccc21. The van der Waals surface area contributed by atoms with Crippen molar-refractivity contribution in [3.63, 3.8) is 0 Å². The van der Waals surface area contributed by atoms with Gasteiger partial charge >= 0.3 is 0 Å². The van der Waals surface area contributed by atoms with Crippen LogP contribution in [0.4, 0.5) is 5.69 Å². The molecule has 4 nitrogen and oxygen atoms in total. The normalized spacial score (nSPS) is 11.9. The number of rotatable bonds is 4. The molecule has 4 aromatic rings. The molecule has 4 rings (SSSR count). The van der Waals surface area contributed by atoms with Crippen LogP contribution in [0.15, 0.2) is 71.5 Å². The second-order valence-corrected chi connectivity index (χ2v) is 8.23. The van der Waals surface area contributed by atoms with Crippen LogP contribution in [0, 0.1) is 0 Å². The first-order valence-electron chi connectivity index (χ1n) is 9.84. The van der Waals surface area contributed by atoms with E-state index in [0.29, 0.717) is 6.73 Å². The maximum atomic E-state index is 13.4. The molecule has 1 N–H and O–H groups in total. The minimum atomic E-state index is -0.226. The Balaban J connectivity index is 1.91. The van der Waals surface area contributed by atoms with E-state index in [1.165, 1.54) is 0 Å². The van der Waals surface area contributed by atoms with E-state index >= 15 is 0 Å². The first-order chi connectivity index (χ1) is 13.9. The number of fused-ring (bicyclic) bond motifs is 2. The molecule has 1 heterocycles. The van der Waals surface area contributed by atoms with Gasteiger partial charge in [0.15, 0.2) is 5.43 Å². The van der Waals surface area contributed by atoms with Crippen molar-refractivity contribution in [3.8, 4) is 11.1 Å². The molecule has 0 atom stereocenters. The number of anilines is 1. The summed E-state index contributed by atoms with van der Waals surface area (Å²) < 4.78 is 7.93. The molecule has 148 valence electrons. The molecule has 0 aliphatic rings. The Morgan fingerprint density at radius 3 is 2.31 bits per heavy atom. The van der Waals surface area contributed by atoms with Crippen LogP contribution in [0.2, 0.25) is 0 Å². The first kappa shape index (κ1) is 19.2. The quantitative estimate of drug-likeness (QED) is 0.370. The lowest BCUT2D eigenvalue weighted by Gasteiger charge is -2.21. The van der Waals surface area contributed by atoms with Gasteiger partial charge in [0, 0.05) is 23.7 Å². The molecule has 0 unspecified atom stereocenters. The van der Waals surface area contributed by atoms with Gasteiger partial charge in [-0.2, -0.15) is 0 Å². The van der Waals surface area contributed by atoms with Crippen LogP contribution in [0.1, 0.15) is 20.8 Å². The van der Waals surface area contributed by atoms with Gasteiger partial charge in [-0.25, -0.2) is 0 Å². The highest BCUT2D eigenvalue weighted by molar-refractivity contribution is 6.03. The van der Waals surface area contributed by atoms with E-state index in [1.54, 1.807) is 0 Å². The highest BCUT2D eigenvalue weighted by Crippen LogP contribution is 2.33. The number of nitrogens with zero attached hydrogens (tertiary/aromatic N) is 1. The van der Waals surface area contributed by atoms with E-state index in [0.717, 1.165) is 38.6 Å². The number of aromatic nitrogens is 1. The lowest BCUT2D eigenvalue weighted by molar-refractivity contribution is 0.00847. The Bertz CT molecular complexity index is 1250. The molecule has 0 amide bonds. The van der Waals surface area contributed by atoms with E-state index in [9.17, 15) is 4.79 Å². The Kier molecular flexibility index (Phi) is 4.89. The number of aryl methyl sites for hydroxylation is 1. The molecule has 0 aliphatic carbocycles. The summed E-state index contributed by atoms with van der Waals surface area (Å²) in [6.45, 7) is 6.48. The smallest absolute Gasteiger partial charge is 0.197 e. The molecule has 1 aromatic heterocycles. The Morgan fingerprint density at radius 1 is 0.862 bits per heavy atom. The van der Waals surface area contributed by atoms with Crippen LogP contribution in [0.25, 0.3) is 32.9 Å². The minimum absolute atomic E-state index is 0.0602. The summed E-state index contributed by atoms with van der Waals surface area (Å²) in [5, 5.41) is 4.84. The zero-order chi connectivity index (χ0) is 20.6. The Morgan fingerprint density at radius 2 is 1.52 bits per heavy atom. The fourth-order valence-electron chi connectivity index (χ4n) is 3.71. The van der Waals surface area contributed by atoms with Gasteiger partial charge < -0.3 is 14.6 Å². The van der Waals surface area contributed by atoms with Crippen molar-refractivity contribution in [3.05, 3.63) is 77.0 Å². The number of ether oxygens (including phenoxy) is 1. The zero-order valence-electron chi connectivity index (χ0n) is 17.3. The van der Waals surface area contributed by atoms with Crippen LogP contribution in [-0.2, 0) is 11.8 Å². The van der Waals surface area contributed by atoms with E-state index < -0.39 is 0 Å². The van der Waals surface area contributed by atoms with E-state index in [1.807, 2.05) is 94.5 Å². The van der Waals surface area contributed by atoms with Crippen molar-refractivity contribution in [2.24, 2.45) is 7.05 Å². The second kappa shape index (κ2) is 7.37.